The number of imidazole rings is 1. The van der Waals surface area contributed by atoms with E-state index < -0.39 is 11.6 Å². The number of anilines is 1. The van der Waals surface area contributed by atoms with Gasteiger partial charge in [-0.05, 0) is 18.6 Å². The van der Waals surface area contributed by atoms with Crippen molar-refractivity contribution >= 4 is 5.82 Å². The topological polar surface area (TPSA) is 43.8 Å². The number of unbranched alkanes of at least 4 members (excludes halogenated alkanes) is 1. The summed E-state index contributed by atoms with van der Waals surface area (Å²) in [4.78, 5) is 4.33. The highest BCUT2D eigenvalue weighted by Gasteiger charge is 2.20. The maximum atomic E-state index is 13.9. The minimum atomic E-state index is -0.639. The summed E-state index contributed by atoms with van der Waals surface area (Å²) in [6, 6.07) is 3.77. The van der Waals surface area contributed by atoms with E-state index in [2.05, 4.69) is 11.9 Å². The van der Waals surface area contributed by atoms with Crippen LogP contribution in [0.1, 0.15) is 32.5 Å². The SMILES string of the molecule is CCCCn1c(CC)nc(-c2c(F)cccc2F)c1N. The number of rotatable bonds is 5. The Bertz CT molecular complexity index is 585. The fraction of sp³-hybridized carbons (Fsp3) is 0.400. The van der Waals surface area contributed by atoms with Crippen LogP contribution in [0, 0.1) is 11.6 Å². The second-order valence-corrected chi connectivity index (χ2v) is 4.72. The molecule has 1 aromatic heterocycles. The third-order valence-corrected chi connectivity index (χ3v) is 3.34. The summed E-state index contributed by atoms with van der Waals surface area (Å²) >= 11 is 0. The normalized spacial score (nSPS) is 11.0. The van der Waals surface area contributed by atoms with Crippen molar-refractivity contribution in [2.45, 2.75) is 39.7 Å². The lowest BCUT2D eigenvalue weighted by Gasteiger charge is -2.08. The Hall–Kier alpha value is -1.91. The molecule has 1 aromatic carbocycles. The first-order chi connectivity index (χ1) is 9.60. The second kappa shape index (κ2) is 6.03. The van der Waals surface area contributed by atoms with E-state index in [1.807, 2.05) is 11.5 Å². The zero-order valence-corrected chi connectivity index (χ0v) is 11.8. The lowest BCUT2D eigenvalue weighted by molar-refractivity contribution is 0.589. The number of nitrogens with two attached hydrogens (primary N) is 1. The molecule has 0 bridgehead atoms. The van der Waals surface area contributed by atoms with Gasteiger partial charge in [0.25, 0.3) is 0 Å². The van der Waals surface area contributed by atoms with E-state index in [1.54, 1.807) is 0 Å². The van der Waals surface area contributed by atoms with E-state index in [9.17, 15) is 8.78 Å². The van der Waals surface area contributed by atoms with Gasteiger partial charge in [0.2, 0.25) is 0 Å². The summed E-state index contributed by atoms with van der Waals surface area (Å²) in [5, 5.41) is 0. The van der Waals surface area contributed by atoms with Crippen LogP contribution in [0.2, 0.25) is 0 Å². The molecule has 0 unspecified atom stereocenters. The summed E-state index contributed by atoms with van der Waals surface area (Å²) in [7, 11) is 0. The first kappa shape index (κ1) is 14.5. The molecule has 0 radical (unpaired) electrons. The van der Waals surface area contributed by atoms with E-state index in [0.29, 0.717) is 18.8 Å². The standard InChI is InChI=1S/C15H19F2N3/c1-3-5-9-20-12(4-2)19-14(15(20)18)13-10(16)7-6-8-11(13)17/h6-8H,3-5,9,18H2,1-2H3. The number of aryl methyl sites for hydroxylation is 1. The summed E-state index contributed by atoms with van der Waals surface area (Å²) < 4.78 is 29.6. The number of nitrogens with zero attached hydrogens (tertiary/aromatic N) is 2. The molecule has 0 atom stereocenters. The van der Waals surface area contributed by atoms with Gasteiger partial charge < -0.3 is 10.3 Å². The number of hydrogen-bond donors (Lipinski definition) is 1. The Morgan fingerprint density at radius 2 is 1.85 bits per heavy atom. The molecule has 108 valence electrons. The number of benzene rings is 1. The summed E-state index contributed by atoms with van der Waals surface area (Å²) in [5.74, 6) is -0.188. The van der Waals surface area contributed by atoms with E-state index >= 15 is 0 Å². The van der Waals surface area contributed by atoms with Gasteiger partial charge in [-0.1, -0.05) is 26.3 Å². The van der Waals surface area contributed by atoms with Crippen LogP contribution in [0.5, 0.6) is 0 Å². The van der Waals surface area contributed by atoms with Crippen LogP contribution < -0.4 is 5.73 Å². The van der Waals surface area contributed by atoms with Crippen molar-refractivity contribution in [3.63, 3.8) is 0 Å². The van der Waals surface area contributed by atoms with Crippen molar-refractivity contribution in [2.75, 3.05) is 5.73 Å². The summed E-state index contributed by atoms with van der Waals surface area (Å²) in [5.41, 5.74) is 6.12. The van der Waals surface area contributed by atoms with Gasteiger partial charge in [0.15, 0.2) is 0 Å². The van der Waals surface area contributed by atoms with Crippen LogP contribution in [-0.2, 0) is 13.0 Å². The second-order valence-electron chi connectivity index (χ2n) is 4.72. The maximum absolute atomic E-state index is 13.9. The van der Waals surface area contributed by atoms with Crippen LogP contribution in [0.25, 0.3) is 11.3 Å². The molecule has 0 saturated heterocycles. The van der Waals surface area contributed by atoms with Gasteiger partial charge in [-0.2, -0.15) is 0 Å². The first-order valence-electron chi connectivity index (χ1n) is 6.89. The molecule has 2 rings (SSSR count). The fourth-order valence-corrected chi connectivity index (χ4v) is 2.26. The smallest absolute Gasteiger partial charge is 0.135 e. The molecule has 2 N–H and O–H groups in total. The molecular weight excluding hydrogens is 260 g/mol. The van der Waals surface area contributed by atoms with Crippen LogP contribution in [-0.4, -0.2) is 9.55 Å². The Morgan fingerprint density at radius 3 is 2.40 bits per heavy atom. The molecule has 0 amide bonds. The number of hydrogen-bond acceptors (Lipinski definition) is 2. The lowest BCUT2D eigenvalue weighted by Crippen LogP contribution is -2.07. The van der Waals surface area contributed by atoms with Crippen molar-refractivity contribution in [2.24, 2.45) is 0 Å². The van der Waals surface area contributed by atoms with Gasteiger partial charge in [0, 0.05) is 13.0 Å². The van der Waals surface area contributed by atoms with Gasteiger partial charge in [-0.3, -0.25) is 0 Å². The highest BCUT2D eigenvalue weighted by molar-refractivity contribution is 5.72. The van der Waals surface area contributed by atoms with Crippen molar-refractivity contribution in [1.29, 1.82) is 0 Å². The highest BCUT2D eigenvalue weighted by atomic mass is 19.1. The molecular formula is C15H19F2N3. The average Bonchev–Trinajstić information content (AvgIpc) is 2.73. The van der Waals surface area contributed by atoms with E-state index in [1.165, 1.54) is 18.2 Å². The van der Waals surface area contributed by atoms with Gasteiger partial charge in [0.1, 0.15) is 29.0 Å². The van der Waals surface area contributed by atoms with Crippen molar-refractivity contribution in [3.8, 4) is 11.3 Å². The van der Waals surface area contributed by atoms with Crippen molar-refractivity contribution in [3.05, 3.63) is 35.7 Å². The molecule has 1 heterocycles. The van der Waals surface area contributed by atoms with Gasteiger partial charge in [-0.15, -0.1) is 0 Å². The number of nitrogen functional groups attached to an aromatic ring is 1. The van der Waals surface area contributed by atoms with Crippen LogP contribution >= 0.6 is 0 Å². The molecule has 0 fully saturated rings. The molecule has 0 aliphatic heterocycles. The molecule has 0 aliphatic rings. The quantitative estimate of drug-likeness (QED) is 0.905. The Balaban J connectivity index is 2.55. The van der Waals surface area contributed by atoms with E-state index in [0.717, 1.165) is 18.7 Å². The van der Waals surface area contributed by atoms with Crippen LogP contribution in [0.3, 0.4) is 0 Å². The predicted molar refractivity (Wildman–Crippen MR) is 76.3 cm³/mol. The predicted octanol–water partition coefficient (Wildman–Crippen LogP) is 3.77. The van der Waals surface area contributed by atoms with E-state index in [4.69, 9.17) is 5.73 Å². The van der Waals surface area contributed by atoms with Crippen LogP contribution in [0.4, 0.5) is 14.6 Å². The van der Waals surface area contributed by atoms with E-state index in [-0.39, 0.29) is 11.3 Å². The number of halogens is 2. The zero-order chi connectivity index (χ0) is 14.7. The monoisotopic (exact) mass is 279 g/mol. The Kier molecular flexibility index (Phi) is 4.37. The minimum Gasteiger partial charge on any atom is -0.383 e. The van der Waals surface area contributed by atoms with Gasteiger partial charge in [0.05, 0.1) is 5.56 Å². The Morgan fingerprint density at radius 1 is 1.20 bits per heavy atom. The molecule has 0 aliphatic carbocycles. The summed E-state index contributed by atoms with van der Waals surface area (Å²) in [6.07, 6.45) is 2.64. The molecule has 0 spiro atoms. The number of aromatic nitrogens is 2. The minimum absolute atomic E-state index is 0.144. The molecule has 3 nitrogen and oxygen atoms in total. The average molecular weight is 279 g/mol. The van der Waals surface area contributed by atoms with Gasteiger partial charge in [-0.25, -0.2) is 13.8 Å². The molecule has 2 aromatic rings. The highest BCUT2D eigenvalue weighted by Crippen LogP contribution is 2.31. The molecule has 5 heteroatoms. The van der Waals surface area contributed by atoms with Crippen molar-refractivity contribution < 1.29 is 8.78 Å². The van der Waals surface area contributed by atoms with Gasteiger partial charge >= 0.3 is 0 Å². The lowest BCUT2D eigenvalue weighted by atomic mass is 10.1. The van der Waals surface area contributed by atoms with Crippen LogP contribution in [0.15, 0.2) is 18.2 Å². The third-order valence-electron chi connectivity index (χ3n) is 3.34. The third kappa shape index (κ3) is 2.53. The summed E-state index contributed by atoms with van der Waals surface area (Å²) in [6.45, 7) is 4.75. The zero-order valence-electron chi connectivity index (χ0n) is 11.8. The fourth-order valence-electron chi connectivity index (χ4n) is 2.26. The molecule has 0 saturated carbocycles. The van der Waals surface area contributed by atoms with Crippen molar-refractivity contribution in [1.82, 2.24) is 9.55 Å². The molecule has 20 heavy (non-hydrogen) atoms. The maximum Gasteiger partial charge on any atom is 0.135 e. The Labute approximate surface area is 117 Å². The first-order valence-corrected chi connectivity index (χ1v) is 6.89. The largest absolute Gasteiger partial charge is 0.383 e.